The lowest BCUT2D eigenvalue weighted by atomic mass is 10.1. The lowest BCUT2D eigenvalue weighted by Gasteiger charge is -2.07. The maximum absolute atomic E-state index is 11.3. The smallest absolute Gasteiger partial charge is 0.355 e. The highest BCUT2D eigenvalue weighted by Crippen LogP contribution is 2.11. The second-order valence-electron chi connectivity index (χ2n) is 4.01. The minimum Gasteiger partial charge on any atom is -0.486 e. The Morgan fingerprint density at radius 3 is 2.55 bits per heavy atom. The van der Waals surface area contributed by atoms with Crippen LogP contribution in [0.2, 0.25) is 0 Å². The molecule has 0 amide bonds. The molecule has 0 atom stereocenters. The molecule has 1 heterocycles. The molecule has 0 radical (unpaired) electrons. The number of carboxylic acid groups (broad SMARTS) is 1. The van der Waals surface area contributed by atoms with Crippen molar-refractivity contribution in [1.82, 2.24) is 9.97 Å². The van der Waals surface area contributed by atoms with Gasteiger partial charge in [-0.15, -0.1) is 0 Å². The highest BCUT2D eigenvalue weighted by Gasteiger charge is 2.17. The van der Waals surface area contributed by atoms with E-state index in [0.29, 0.717) is 5.75 Å². The summed E-state index contributed by atoms with van der Waals surface area (Å²) in [6, 6.07) is 9.02. The van der Waals surface area contributed by atoms with Crippen molar-refractivity contribution < 1.29 is 19.4 Å². The minimum atomic E-state index is -1.27. The van der Waals surface area contributed by atoms with Crippen LogP contribution in [0.25, 0.3) is 0 Å². The number of ketones is 1. The summed E-state index contributed by atoms with van der Waals surface area (Å²) in [6.45, 7) is 1.30. The molecule has 1 aromatic carbocycles. The largest absolute Gasteiger partial charge is 0.486 e. The molecular weight excluding hydrogens is 260 g/mol. The predicted octanol–water partition coefficient (Wildman–Crippen LogP) is 1.96. The molecule has 1 N–H and O–H groups in total. The van der Waals surface area contributed by atoms with E-state index in [0.717, 1.165) is 0 Å². The van der Waals surface area contributed by atoms with E-state index in [1.54, 1.807) is 12.1 Å². The van der Waals surface area contributed by atoms with Crippen LogP contribution < -0.4 is 4.74 Å². The number of hydrogen-bond donors (Lipinski definition) is 1. The van der Waals surface area contributed by atoms with Gasteiger partial charge < -0.3 is 9.84 Å². The number of rotatable bonds is 5. The molecular formula is C14H12N2O4. The first kappa shape index (κ1) is 13.7. The van der Waals surface area contributed by atoms with E-state index < -0.39 is 11.8 Å². The van der Waals surface area contributed by atoms with Gasteiger partial charge in [-0.1, -0.05) is 18.2 Å². The number of aromatic nitrogens is 2. The molecule has 102 valence electrons. The summed E-state index contributed by atoms with van der Waals surface area (Å²) in [5.41, 5.74) is -0.319. The van der Waals surface area contributed by atoms with Gasteiger partial charge in [0.25, 0.3) is 0 Å². The van der Waals surface area contributed by atoms with Crippen LogP contribution in [0, 0.1) is 0 Å². The average Bonchev–Trinajstić information content (AvgIpc) is 2.45. The number of benzene rings is 1. The molecule has 6 nitrogen and oxygen atoms in total. The van der Waals surface area contributed by atoms with Crippen molar-refractivity contribution in [3.63, 3.8) is 0 Å². The Hall–Kier alpha value is -2.76. The molecule has 6 heteroatoms. The van der Waals surface area contributed by atoms with Crippen molar-refractivity contribution >= 4 is 11.8 Å². The Kier molecular flexibility index (Phi) is 4.05. The first-order chi connectivity index (χ1) is 9.58. The summed E-state index contributed by atoms with van der Waals surface area (Å²) in [5, 5.41) is 9.04. The number of ether oxygens (including phenoxy) is 1. The summed E-state index contributed by atoms with van der Waals surface area (Å²) in [6.07, 6.45) is 1.21. The molecule has 2 rings (SSSR count). The number of aromatic carboxylic acids is 1. The van der Waals surface area contributed by atoms with E-state index in [2.05, 4.69) is 9.97 Å². The minimum absolute atomic E-state index is 0.0130. The third-order valence-electron chi connectivity index (χ3n) is 2.53. The zero-order valence-corrected chi connectivity index (χ0v) is 10.7. The Labute approximate surface area is 115 Å². The number of Topliss-reactive ketones (excluding diaryl/α,β-unsaturated/α-hetero) is 1. The van der Waals surface area contributed by atoms with E-state index in [-0.39, 0.29) is 23.7 Å². The van der Waals surface area contributed by atoms with Crippen LogP contribution in [0.1, 0.15) is 33.6 Å². The van der Waals surface area contributed by atoms with Crippen LogP contribution in [0.3, 0.4) is 0 Å². The summed E-state index contributed by atoms with van der Waals surface area (Å²) in [4.78, 5) is 30.1. The van der Waals surface area contributed by atoms with Gasteiger partial charge in [0.05, 0.1) is 5.56 Å². The van der Waals surface area contributed by atoms with E-state index >= 15 is 0 Å². The van der Waals surface area contributed by atoms with E-state index in [4.69, 9.17) is 9.84 Å². The van der Waals surface area contributed by atoms with Gasteiger partial charge in [-0.25, -0.2) is 14.8 Å². The van der Waals surface area contributed by atoms with Gasteiger partial charge in [-0.05, 0) is 19.1 Å². The maximum atomic E-state index is 11.3. The second-order valence-corrected chi connectivity index (χ2v) is 4.01. The first-order valence-electron chi connectivity index (χ1n) is 5.86. The molecule has 0 bridgehead atoms. The van der Waals surface area contributed by atoms with Crippen molar-refractivity contribution in [2.75, 3.05) is 0 Å². The lowest BCUT2D eigenvalue weighted by molar-refractivity contribution is 0.0684. The third kappa shape index (κ3) is 3.17. The Balaban J connectivity index is 2.19. The van der Waals surface area contributed by atoms with Crippen molar-refractivity contribution in [2.24, 2.45) is 0 Å². The van der Waals surface area contributed by atoms with Gasteiger partial charge >= 0.3 is 5.97 Å². The number of hydrogen-bond acceptors (Lipinski definition) is 5. The van der Waals surface area contributed by atoms with E-state index in [9.17, 15) is 9.59 Å². The predicted molar refractivity (Wildman–Crippen MR) is 69.8 cm³/mol. The summed E-state index contributed by atoms with van der Waals surface area (Å²) < 4.78 is 5.42. The number of carboxylic acids is 1. The molecule has 0 saturated heterocycles. The zero-order chi connectivity index (χ0) is 14.5. The average molecular weight is 272 g/mol. The van der Waals surface area contributed by atoms with Crippen molar-refractivity contribution in [2.45, 2.75) is 13.5 Å². The van der Waals surface area contributed by atoms with E-state index in [1.807, 2.05) is 18.2 Å². The molecule has 0 fully saturated rings. The van der Waals surface area contributed by atoms with Crippen LogP contribution in [0.5, 0.6) is 5.75 Å². The molecule has 0 aliphatic heterocycles. The van der Waals surface area contributed by atoms with E-state index in [1.165, 1.54) is 13.1 Å². The molecule has 1 aromatic heterocycles. The van der Waals surface area contributed by atoms with Crippen LogP contribution >= 0.6 is 0 Å². The number of carbonyl (C=O) groups is 2. The van der Waals surface area contributed by atoms with Gasteiger partial charge in [0.1, 0.15) is 12.4 Å². The molecule has 0 unspecified atom stereocenters. The number of carbonyl (C=O) groups excluding carboxylic acids is 1. The maximum Gasteiger partial charge on any atom is 0.355 e. The Morgan fingerprint density at radius 2 is 1.95 bits per heavy atom. The molecule has 0 saturated carbocycles. The standard InChI is InChI=1S/C14H12N2O4/c1-9(17)11-7-15-12(16-13(11)14(18)19)8-20-10-5-3-2-4-6-10/h2-7H,8H2,1H3,(H,18,19). The monoisotopic (exact) mass is 272 g/mol. The number of para-hydroxylation sites is 1. The van der Waals surface area contributed by atoms with Crippen molar-refractivity contribution in [3.05, 3.63) is 53.6 Å². The summed E-state index contributed by atoms with van der Waals surface area (Å²) in [5.74, 6) is -0.823. The fraction of sp³-hybridized carbons (Fsp3) is 0.143. The third-order valence-corrected chi connectivity index (χ3v) is 2.53. The molecule has 20 heavy (non-hydrogen) atoms. The highest BCUT2D eigenvalue weighted by atomic mass is 16.5. The van der Waals surface area contributed by atoms with Crippen LogP contribution in [0.4, 0.5) is 0 Å². The van der Waals surface area contributed by atoms with Gasteiger partial charge in [0.15, 0.2) is 17.3 Å². The quantitative estimate of drug-likeness (QED) is 0.837. The Morgan fingerprint density at radius 1 is 1.25 bits per heavy atom. The summed E-state index contributed by atoms with van der Waals surface area (Å²) >= 11 is 0. The molecule has 2 aromatic rings. The fourth-order valence-electron chi connectivity index (χ4n) is 1.57. The molecule has 0 aliphatic carbocycles. The lowest BCUT2D eigenvalue weighted by Crippen LogP contribution is -2.13. The molecule has 0 spiro atoms. The van der Waals surface area contributed by atoms with Gasteiger partial charge in [0.2, 0.25) is 0 Å². The SMILES string of the molecule is CC(=O)c1cnc(COc2ccccc2)nc1C(=O)O. The normalized spacial score (nSPS) is 10.1. The second kappa shape index (κ2) is 5.92. The number of nitrogens with zero attached hydrogens (tertiary/aromatic N) is 2. The first-order valence-corrected chi connectivity index (χ1v) is 5.86. The van der Waals surface area contributed by atoms with Crippen LogP contribution in [-0.4, -0.2) is 26.8 Å². The van der Waals surface area contributed by atoms with Crippen LogP contribution in [0.15, 0.2) is 36.5 Å². The fourth-order valence-corrected chi connectivity index (χ4v) is 1.57. The molecule has 0 aliphatic rings. The zero-order valence-electron chi connectivity index (χ0n) is 10.7. The van der Waals surface area contributed by atoms with Gasteiger partial charge in [0, 0.05) is 6.20 Å². The van der Waals surface area contributed by atoms with Gasteiger partial charge in [-0.3, -0.25) is 4.79 Å². The van der Waals surface area contributed by atoms with Gasteiger partial charge in [-0.2, -0.15) is 0 Å². The van der Waals surface area contributed by atoms with Crippen molar-refractivity contribution in [3.8, 4) is 5.75 Å². The summed E-state index contributed by atoms with van der Waals surface area (Å²) in [7, 11) is 0. The van der Waals surface area contributed by atoms with Crippen LogP contribution in [-0.2, 0) is 6.61 Å². The van der Waals surface area contributed by atoms with Crippen molar-refractivity contribution in [1.29, 1.82) is 0 Å². The Bertz CT molecular complexity index is 641. The highest BCUT2D eigenvalue weighted by molar-refractivity contribution is 6.03. The topological polar surface area (TPSA) is 89.4 Å².